The van der Waals surface area contributed by atoms with Crippen LogP contribution in [0, 0.1) is 0 Å². The van der Waals surface area contributed by atoms with Crippen LogP contribution >= 0.6 is 11.6 Å². The maximum atomic E-state index is 12.7. The Morgan fingerprint density at radius 2 is 2.00 bits per heavy atom. The van der Waals surface area contributed by atoms with Crippen molar-refractivity contribution in [3.63, 3.8) is 0 Å². The minimum Gasteiger partial charge on any atom is -0.507 e. The van der Waals surface area contributed by atoms with Gasteiger partial charge in [0.25, 0.3) is 0 Å². The van der Waals surface area contributed by atoms with Crippen LogP contribution in [-0.4, -0.2) is 52.6 Å². The Morgan fingerprint density at radius 3 is 2.79 bits per heavy atom. The molecule has 2 aromatic carbocycles. The lowest BCUT2D eigenvalue weighted by Gasteiger charge is -2.32. The molecule has 1 saturated heterocycles. The van der Waals surface area contributed by atoms with Crippen molar-refractivity contribution in [2.24, 2.45) is 0 Å². The number of benzene rings is 2. The molecule has 2 heterocycles. The van der Waals surface area contributed by atoms with E-state index in [1.807, 2.05) is 24.3 Å². The molecule has 0 radical (unpaired) electrons. The van der Waals surface area contributed by atoms with Gasteiger partial charge in [0.2, 0.25) is 0 Å². The van der Waals surface area contributed by atoms with Gasteiger partial charge >= 0.3 is 0 Å². The summed E-state index contributed by atoms with van der Waals surface area (Å²) in [6, 6.07) is 13.0. The molecule has 3 aromatic rings. The lowest BCUT2D eigenvalue weighted by Crippen LogP contribution is -2.43. The van der Waals surface area contributed by atoms with Crippen molar-refractivity contribution in [2.45, 2.75) is 18.9 Å². The molecule has 1 fully saturated rings. The Bertz CT molecular complexity index is 982. The maximum Gasteiger partial charge on any atom is 0.156 e. The number of hydrogen-bond donors (Lipinski definition) is 2. The SMILES string of the molecule is Oc1cc(Cl)ccc1-c1nnc(NC2CCCN(CCF)C2)c2ccccc12. The number of rotatable bonds is 5. The molecule has 0 amide bonds. The molecular weight excluding hydrogens is 379 g/mol. The van der Waals surface area contributed by atoms with Crippen LogP contribution in [0.2, 0.25) is 5.02 Å². The fourth-order valence-corrected chi connectivity index (χ4v) is 3.97. The second-order valence-electron chi connectivity index (χ2n) is 7.08. The van der Waals surface area contributed by atoms with E-state index in [-0.39, 0.29) is 18.5 Å². The molecule has 1 aliphatic heterocycles. The monoisotopic (exact) mass is 400 g/mol. The second kappa shape index (κ2) is 8.29. The number of hydrogen-bond acceptors (Lipinski definition) is 5. The topological polar surface area (TPSA) is 61.3 Å². The van der Waals surface area contributed by atoms with E-state index < -0.39 is 0 Å². The molecule has 0 bridgehead atoms. The van der Waals surface area contributed by atoms with Crippen LogP contribution in [0.3, 0.4) is 0 Å². The van der Waals surface area contributed by atoms with E-state index in [1.54, 1.807) is 12.1 Å². The summed E-state index contributed by atoms with van der Waals surface area (Å²) in [6.45, 7) is 1.87. The van der Waals surface area contributed by atoms with Crippen molar-refractivity contribution in [1.82, 2.24) is 15.1 Å². The summed E-state index contributed by atoms with van der Waals surface area (Å²) in [6.07, 6.45) is 2.04. The van der Waals surface area contributed by atoms with E-state index in [1.165, 1.54) is 6.07 Å². The average Bonchev–Trinajstić information content (AvgIpc) is 2.69. The normalized spacial score (nSPS) is 17.7. The summed E-state index contributed by atoms with van der Waals surface area (Å²) in [5, 5.41) is 24.9. The van der Waals surface area contributed by atoms with Gasteiger partial charge in [-0.3, -0.25) is 4.90 Å². The van der Waals surface area contributed by atoms with E-state index in [0.717, 1.165) is 36.7 Å². The maximum absolute atomic E-state index is 12.7. The molecule has 0 spiro atoms. The Kier molecular flexibility index (Phi) is 5.59. The molecule has 1 unspecified atom stereocenters. The van der Waals surface area contributed by atoms with Gasteiger partial charge in [-0.15, -0.1) is 10.2 Å². The predicted octanol–water partition coefficient (Wildman–Crippen LogP) is 4.50. The van der Waals surface area contributed by atoms with Crippen LogP contribution in [-0.2, 0) is 0 Å². The Morgan fingerprint density at radius 1 is 1.18 bits per heavy atom. The lowest BCUT2D eigenvalue weighted by molar-refractivity contribution is 0.200. The van der Waals surface area contributed by atoms with Crippen LogP contribution in [0.25, 0.3) is 22.0 Å². The van der Waals surface area contributed by atoms with Crippen molar-refractivity contribution in [3.05, 3.63) is 47.5 Å². The van der Waals surface area contributed by atoms with Crippen LogP contribution in [0.4, 0.5) is 10.2 Å². The average molecular weight is 401 g/mol. The smallest absolute Gasteiger partial charge is 0.156 e. The van der Waals surface area contributed by atoms with Gasteiger partial charge in [-0.1, -0.05) is 35.9 Å². The van der Waals surface area contributed by atoms with Gasteiger partial charge in [-0.25, -0.2) is 4.39 Å². The van der Waals surface area contributed by atoms with Gasteiger partial charge in [0.15, 0.2) is 5.82 Å². The van der Waals surface area contributed by atoms with E-state index in [4.69, 9.17) is 11.6 Å². The number of phenols is 1. The molecule has 1 aromatic heterocycles. The zero-order chi connectivity index (χ0) is 19.5. The standard InChI is InChI=1S/C21H22ClFN4O/c22-14-7-8-18(19(28)12-14)20-16-5-1-2-6-17(16)21(26-25-20)24-15-4-3-10-27(13-15)11-9-23/h1-2,5-8,12,15,28H,3-4,9-11,13H2,(H,24,26). The number of phenolic OH excluding ortho intramolecular Hbond substituents is 1. The number of nitrogens with one attached hydrogen (secondary N) is 1. The van der Waals surface area contributed by atoms with Crippen molar-refractivity contribution in [2.75, 3.05) is 31.6 Å². The summed E-state index contributed by atoms with van der Waals surface area (Å²) >= 11 is 5.96. The molecule has 1 aliphatic rings. The molecule has 2 N–H and O–H groups in total. The van der Waals surface area contributed by atoms with Gasteiger partial charge in [0.1, 0.15) is 18.1 Å². The quantitative estimate of drug-likeness (QED) is 0.660. The Balaban J connectivity index is 1.68. The number of anilines is 1. The molecule has 146 valence electrons. The third kappa shape index (κ3) is 3.88. The molecule has 0 saturated carbocycles. The molecule has 1 atom stereocenters. The number of nitrogens with zero attached hydrogens (tertiary/aromatic N) is 3. The summed E-state index contributed by atoms with van der Waals surface area (Å²) in [5.41, 5.74) is 1.20. The highest BCUT2D eigenvalue weighted by Gasteiger charge is 2.21. The molecule has 28 heavy (non-hydrogen) atoms. The van der Waals surface area contributed by atoms with Crippen molar-refractivity contribution in [1.29, 1.82) is 0 Å². The number of fused-ring (bicyclic) bond motifs is 1. The van der Waals surface area contributed by atoms with Crippen molar-refractivity contribution >= 4 is 28.2 Å². The first-order valence-corrected chi connectivity index (χ1v) is 9.82. The fourth-order valence-electron chi connectivity index (χ4n) is 3.80. The van der Waals surface area contributed by atoms with Gasteiger partial charge in [-0.2, -0.15) is 0 Å². The number of likely N-dealkylation sites (tertiary alicyclic amines) is 1. The highest BCUT2D eigenvalue weighted by atomic mass is 35.5. The van der Waals surface area contributed by atoms with Crippen LogP contribution in [0.1, 0.15) is 12.8 Å². The van der Waals surface area contributed by atoms with E-state index >= 15 is 0 Å². The second-order valence-corrected chi connectivity index (χ2v) is 7.51. The van der Waals surface area contributed by atoms with Gasteiger partial charge in [-0.05, 0) is 37.6 Å². The molecule has 4 rings (SSSR count). The minimum absolute atomic E-state index is 0.0711. The first-order chi connectivity index (χ1) is 13.7. The van der Waals surface area contributed by atoms with Crippen LogP contribution in [0.5, 0.6) is 5.75 Å². The van der Waals surface area contributed by atoms with Gasteiger partial charge < -0.3 is 10.4 Å². The highest BCUT2D eigenvalue weighted by molar-refractivity contribution is 6.30. The number of alkyl halides is 1. The van der Waals surface area contributed by atoms with Crippen LogP contribution < -0.4 is 5.32 Å². The summed E-state index contributed by atoms with van der Waals surface area (Å²) in [4.78, 5) is 2.14. The van der Waals surface area contributed by atoms with Crippen LogP contribution in [0.15, 0.2) is 42.5 Å². The number of halogens is 2. The highest BCUT2D eigenvalue weighted by Crippen LogP contribution is 2.36. The summed E-state index contributed by atoms with van der Waals surface area (Å²) in [7, 11) is 0. The van der Waals surface area contributed by atoms with Crippen molar-refractivity contribution < 1.29 is 9.50 Å². The summed E-state index contributed by atoms with van der Waals surface area (Å²) in [5.74, 6) is 0.779. The summed E-state index contributed by atoms with van der Waals surface area (Å²) < 4.78 is 12.7. The molecule has 0 aliphatic carbocycles. The third-order valence-electron chi connectivity index (χ3n) is 5.15. The molecule has 5 nitrogen and oxygen atoms in total. The first-order valence-electron chi connectivity index (χ1n) is 9.45. The van der Waals surface area contributed by atoms with Gasteiger partial charge in [0.05, 0.1) is 0 Å². The zero-order valence-electron chi connectivity index (χ0n) is 15.4. The zero-order valence-corrected chi connectivity index (χ0v) is 16.2. The van der Waals surface area contributed by atoms with Gasteiger partial charge in [0, 0.05) is 40.5 Å². The lowest BCUT2D eigenvalue weighted by atomic mass is 10.0. The molecular formula is C21H22ClFN4O. The Labute approximate surface area is 168 Å². The van der Waals surface area contributed by atoms with E-state index in [0.29, 0.717) is 28.6 Å². The first kappa shape index (κ1) is 18.9. The van der Waals surface area contributed by atoms with E-state index in [2.05, 4.69) is 20.4 Å². The Hall–Kier alpha value is -2.44. The number of aromatic hydroxyl groups is 1. The third-order valence-corrected chi connectivity index (χ3v) is 5.38. The number of piperidine rings is 1. The fraction of sp³-hybridized carbons (Fsp3) is 0.333. The predicted molar refractivity (Wildman–Crippen MR) is 111 cm³/mol. The van der Waals surface area contributed by atoms with Crippen molar-refractivity contribution in [3.8, 4) is 17.0 Å². The number of aromatic nitrogens is 2. The minimum atomic E-state index is -0.325. The largest absolute Gasteiger partial charge is 0.507 e. The molecule has 7 heteroatoms. The van der Waals surface area contributed by atoms with E-state index in [9.17, 15) is 9.50 Å².